The second-order valence-electron chi connectivity index (χ2n) is 6.95. The van der Waals surface area contributed by atoms with E-state index in [1.807, 2.05) is 13.0 Å². The molecule has 0 saturated heterocycles. The number of hydrogen-bond acceptors (Lipinski definition) is 3. The summed E-state index contributed by atoms with van der Waals surface area (Å²) in [5.74, 6) is 0.601. The topological polar surface area (TPSA) is 67.4 Å². The number of nitrogens with one attached hydrogen (secondary N) is 2. The molecule has 0 aromatic heterocycles. The highest BCUT2D eigenvalue weighted by molar-refractivity contribution is 6.31. The smallest absolute Gasteiger partial charge is 0.250 e. The lowest BCUT2D eigenvalue weighted by molar-refractivity contribution is -0.129. The minimum Gasteiger partial charge on any atom is -0.362 e. The van der Waals surface area contributed by atoms with Crippen LogP contribution in [0.5, 0.6) is 0 Å². The Balaban J connectivity index is 1.69. The summed E-state index contributed by atoms with van der Waals surface area (Å²) in [6.45, 7) is 6.01. The second kappa shape index (κ2) is 9.20. The molecule has 6 heteroatoms. The van der Waals surface area contributed by atoms with Gasteiger partial charge in [-0.05, 0) is 42.9 Å². The Morgan fingerprint density at radius 1 is 1.20 bits per heavy atom. The molecule has 5 nitrogen and oxygen atoms in total. The van der Waals surface area contributed by atoms with Crippen LogP contribution >= 0.6 is 11.6 Å². The lowest BCUT2D eigenvalue weighted by Gasteiger charge is -2.34. The maximum Gasteiger partial charge on any atom is 0.250 e. The average Bonchev–Trinajstić information content (AvgIpc) is 2.55. The SMILES string of the molecule is Cc1ccc(NC(=O)COCC(=O)N[C@H]2CCC[C@@H](C)[C@H]2C)cc1Cl. The summed E-state index contributed by atoms with van der Waals surface area (Å²) >= 11 is 6.02. The number of carbonyl (C=O) groups is 2. The molecule has 0 heterocycles. The van der Waals surface area contributed by atoms with Crippen molar-refractivity contribution < 1.29 is 14.3 Å². The molecule has 1 aromatic rings. The minimum atomic E-state index is -0.313. The van der Waals surface area contributed by atoms with Crippen molar-refractivity contribution in [3.8, 4) is 0 Å². The van der Waals surface area contributed by atoms with E-state index in [2.05, 4.69) is 24.5 Å². The van der Waals surface area contributed by atoms with Gasteiger partial charge < -0.3 is 15.4 Å². The van der Waals surface area contributed by atoms with Crippen molar-refractivity contribution in [1.29, 1.82) is 0 Å². The van der Waals surface area contributed by atoms with Crippen molar-refractivity contribution in [2.75, 3.05) is 18.5 Å². The van der Waals surface area contributed by atoms with Crippen LogP contribution in [0.1, 0.15) is 38.7 Å². The maximum atomic E-state index is 12.0. The number of halogens is 1. The van der Waals surface area contributed by atoms with Crippen LogP contribution in [0, 0.1) is 18.8 Å². The molecule has 0 spiro atoms. The first kappa shape index (κ1) is 19.7. The summed E-state index contributed by atoms with van der Waals surface area (Å²) in [6.07, 6.45) is 3.36. The molecule has 0 bridgehead atoms. The third-order valence-corrected chi connectivity index (χ3v) is 5.38. The molecule has 25 heavy (non-hydrogen) atoms. The lowest BCUT2D eigenvalue weighted by Crippen LogP contribution is -2.45. The van der Waals surface area contributed by atoms with E-state index in [-0.39, 0.29) is 31.1 Å². The van der Waals surface area contributed by atoms with Crippen molar-refractivity contribution in [2.45, 2.75) is 46.1 Å². The van der Waals surface area contributed by atoms with Gasteiger partial charge in [0.25, 0.3) is 0 Å². The molecule has 1 aliphatic carbocycles. The van der Waals surface area contributed by atoms with E-state index >= 15 is 0 Å². The van der Waals surface area contributed by atoms with Crippen molar-refractivity contribution in [1.82, 2.24) is 5.32 Å². The summed E-state index contributed by atoms with van der Waals surface area (Å²) < 4.78 is 5.23. The quantitative estimate of drug-likeness (QED) is 0.809. The first-order valence-electron chi connectivity index (χ1n) is 8.80. The Bertz CT molecular complexity index is 621. The van der Waals surface area contributed by atoms with E-state index in [1.54, 1.807) is 12.1 Å². The molecular weight excluding hydrogens is 340 g/mol. The molecule has 2 rings (SSSR count). The van der Waals surface area contributed by atoms with Gasteiger partial charge in [0, 0.05) is 16.8 Å². The summed E-state index contributed by atoms with van der Waals surface area (Å²) in [4.78, 5) is 23.9. The Morgan fingerprint density at radius 3 is 2.64 bits per heavy atom. The first-order chi connectivity index (χ1) is 11.9. The number of rotatable bonds is 6. The highest BCUT2D eigenvalue weighted by atomic mass is 35.5. The Kier molecular flexibility index (Phi) is 7.26. The Morgan fingerprint density at radius 2 is 1.92 bits per heavy atom. The predicted octanol–water partition coefficient (Wildman–Crippen LogP) is 3.54. The van der Waals surface area contributed by atoms with Gasteiger partial charge in [0.2, 0.25) is 11.8 Å². The molecule has 138 valence electrons. The largest absolute Gasteiger partial charge is 0.362 e. The van der Waals surface area contributed by atoms with E-state index in [9.17, 15) is 9.59 Å². The van der Waals surface area contributed by atoms with Crippen molar-refractivity contribution in [2.24, 2.45) is 11.8 Å². The third-order valence-electron chi connectivity index (χ3n) is 4.98. The van der Waals surface area contributed by atoms with Gasteiger partial charge in [0.15, 0.2) is 0 Å². The van der Waals surface area contributed by atoms with Crippen LogP contribution < -0.4 is 10.6 Å². The van der Waals surface area contributed by atoms with Gasteiger partial charge in [-0.3, -0.25) is 9.59 Å². The van der Waals surface area contributed by atoms with Crippen LogP contribution in [-0.2, 0) is 14.3 Å². The summed E-state index contributed by atoms with van der Waals surface area (Å²) in [6, 6.07) is 5.49. The molecule has 1 aromatic carbocycles. The molecule has 2 amide bonds. The Labute approximate surface area is 154 Å². The number of benzene rings is 1. The van der Waals surface area contributed by atoms with E-state index in [4.69, 9.17) is 16.3 Å². The van der Waals surface area contributed by atoms with Gasteiger partial charge in [-0.2, -0.15) is 0 Å². The predicted molar refractivity (Wildman–Crippen MR) is 99.7 cm³/mol. The zero-order chi connectivity index (χ0) is 18.4. The summed E-state index contributed by atoms with van der Waals surface area (Å²) in [5.41, 5.74) is 1.55. The van der Waals surface area contributed by atoms with Crippen LogP contribution in [0.15, 0.2) is 18.2 Å². The molecular formula is C19H27ClN2O3. The first-order valence-corrected chi connectivity index (χ1v) is 9.17. The zero-order valence-electron chi connectivity index (χ0n) is 15.1. The average molecular weight is 367 g/mol. The number of amides is 2. The van der Waals surface area contributed by atoms with Crippen LogP contribution in [0.3, 0.4) is 0 Å². The number of hydrogen-bond donors (Lipinski definition) is 2. The van der Waals surface area contributed by atoms with E-state index in [1.165, 1.54) is 6.42 Å². The molecule has 3 atom stereocenters. The molecule has 0 radical (unpaired) electrons. The summed E-state index contributed by atoms with van der Waals surface area (Å²) in [5, 5.41) is 6.31. The normalized spacial score (nSPS) is 23.1. The molecule has 2 N–H and O–H groups in total. The van der Waals surface area contributed by atoms with Crippen LogP contribution in [0.2, 0.25) is 5.02 Å². The fourth-order valence-corrected chi connectivity index (χ4v) is 3.32. The van der Waals surface area contributed by atoms with Gasteiger partial charge in [0.1, 0.15) is 13.2 Å². The van der Waals surface area contributed by atoms with Gasteiger partial charge in [-0.15, -0.1) is 0 Å². The van der Waals surface area contributed by atoms with Gasteiger partial charge in [-0.1, -0.05) is 44.4 Å². The molecule has 1 fully saturated rings. The highest BCUT2D eigenvalue weighted by Gasteiger charge is 2.28. The minimum absolute atomic E-state index is 0.111. The zero-order valence-corrected chi connectivity index (χ0v) is 15.9. The molecule has 1 saturated carbocycles. The number of ether oxygens (including phenoxy) is 1. The van der Waals surface area contributed by atoms with E-state index in [0.717, 1.165) is 18.4 Å². The van der Waals surface area contributed by atoms with Crippen LogP contribution in [0.25, 0.3) is 0 Å². The number of anilines is 1. The Hall–Kier alpha value is -1.59. The molecule has 1 aliphatic rings. The number of aryl methyl sites for hydroxylation is 1. The van der Waals surface area contributed by atoms with Crippen molar-refractivity contribution >= 4 is 29.1 Å². The van der Waals surface area contributed by atoms with Gasteiger partial charge in [0.05, 0.1) is 0 Å². The van der Waals surface area contributed by atoms with Crippen LogP contribution in [0.4, 0.5) is 5.69 Å². The fraction of sp³-hybridized carbons (Fsp3) is 0.579. The van der Waals surface area contributed by atoms with Gasteiger partial charge >= 0.3 is 0 Å². The third kappa shape index (κ3) is 6.01. The number of carbonyl (C=O) groups excluding carboxylic acids is 2. The van der Waals surface area contributed by atoms with Crippen molar-refractivity contribution in [3.63, 3.8) is 0 Å². The van der Waals surface area contributed by atoms with Gasteiger partial charge in [-0.25, -0.2) is 0 Å². The molecule has 0 aliphatic heterocycles. The molecule has 0 unspecified atom stereocenters. The monoisotopic (exact) mass is 366 g/mol. The fourth-order valence-electron chi connectivity index (χ4n) is 3.14. The summed E-state index contributed by atoms with van der Waals surface area (Å²) in [7, 11) is 0. The van der Waals surface area contributed by atoms with Crippen LogP contribution in [-0.4, -0.2) is 31.1 Å². The lowest BCUT2D eigenvalue weighted by atomic mass is 9.78. The standard InChI is InChI=1S/C19H27ClN2O3/c1-12-5-4-6-17(14(12)3)22-19(24)11-25-10-18(23)21-15-8-7-13(2)16(20)9-15/h7-9,12,14,17H,4-6,10-11H2,1-3H3,(H,21,23)(H,22,24)/t12-,14-,17+/m1/s1. The van der Waals surface area contributed by atoms with E-state index in [0.29, 0.717) is 22.5 Å². The van der Waals surface area contributed by atoms with E-state index < -0.39 is 0 Å². The maximum absolute atomic E-state index is 12.0. The second-order valence-corrected chi connectivity index (χ2v) is 7.35. The highest BCUT2D eigenvalue weighted by Crippen LogP contribution is 2.29. The van der Waals surface area contributed by atoms with Crippen molar-refractivity contribution in [3.05, 3.63) is 28.8 Å².